The van der Waals surface area contributed by atoms with E-state index in [1.54, 1.807) is 42.5 Å². The quantitative estimate of drug-likeness (QED) is 0.176. The average molecular weight is 504 g/mol. The SMILES string of the molecule is COc1cc(/C=N\NC(=O)/C(=C\c2ccc(N(C)C)cc2)NC(=O)c2ccccc2)cc([N+](=O)[O-])c1O. The largest absolute Gasteiger partial charge is 0.500 e. The van der Waals surface area contributed by atoms with Crippen LogP contribution in [0.2, 0.25) is 0 Å². The van der Waals surface area contributed by atoms with Gasteiger partial charge in [-0.05, 0) is 42.0 Å². The highest BCUT2D eigenvalue weighted by molar-refractivity contribution is 6.05. The Kier molecular flexibility index (Phi) is 8.55. The summed E-state index contributed by atoms with van der Waals surface area (Å²) < 4.78 is 4.95. The molecule has 11 nitrogen and oxygen atoms in total. The minimum atomic E-state index is -0.769. The molecule has 0 heterocycles. The van der Waals surface area contributed by atoms with Crippen LogP contribution in [0.25, 0.3) is 6.08 Å². The van der Waals surface area contributed by atoms with Crippen molar-refractivity contribution in [1.29, 1.82) is 0 Å². The van der Waals surface area contributed by atoms with Gasteiger partial charge in [-0.2, -0.15) is 5.10 Å². The van der Waals surface area contributed by atoms with Crippen molar-refractivity contribution >= 4 is 35.5 Å². The molecule has 0 saturated heterocycles. The summed E-state index contributed by atoms with van der Waals surface area (Å²) in [5.74, 6) is -1.96. The number of hydrogen-bond acceptors (Lipinski definition) is 8. The van der Waals surface area contributed by atoms with Gasteiger partial charge in [-0.1, -0.05) is 30.3 Å². The molecule has 0 aliphatic heterocycles. The van der Waals surface area contributed by atoms with Gasteiger partial charge in [0, 0.05) is 37.0 Å². The molecule has 0 unspecified atom stereocenters. The second-order valence-corrected chi connectivity index (χ2v) is 7.91. The Balaban J connectivity index is 1.86. The lowest BCUT2D eigenvalue weighted by Crippen LogP contribution is -2.32. The number of methoxy groups -OCH3 is 1. The van der Waals surface area contributed by atoms with Gasteiger partial charge < -0.3 is 20.1 Å². The van der Waals surface area contributed by atoms with Crippen LogP contribution >= 0.6 is 0 Å². The maximum atomic E-state index is 12.9. The van der Waals surface area contributed by atoms with E-state index in [-0.39, 0.29) is 17.0 Å². The Hall–Kier alpha value is -5.19. The van der Waals surface area contributed by atoms with Crippen LogP contribution in [0.3, 0.4) is 0 Å². The van der Waals surface area contributed by atoms with Crippen molar-refractivity contribution in [3.63, 3.8) is 0 Å². The summed E-state index contributed by atoms with van der Waals surface area (Å²) in [6, 6.07) is 18.1. The third-order valence-corrected chi connectivity index (χ3v) is 5.12. The van der Waals surface area contributed by atoms with Gasteiger partial charge in [-0.25, -0.2) is 5.43 Å². The number of nitrogens with zero attached hydrogens (tertiary/aromatic N) is 3. The fourth-order valence-corrected chi connectivity index (χ4v) is 3.19. The lowest BCUT2D eigenvalue weighted by molar-refractivity contribution is -0.386. The predicted octanol–water partition coefficient (Wildman–Crippen LogP) is 3.30. The van der Waals surface area contributed by atoms with Crippen molar-refractivity contribution in [2.24, 2.45) is 5.10 Å². The number of rotatable bonds is 9. The number of aromatic hydroxyl groups is 1. The second-order valence-electron chi connectivity index (χ2n) is 7.91. The molecule has 3 aromatic carbocycles. The first-order chi connectivity index (χ1) is 17.7. The number of phenolic OH excluding ortho intramolecular Hbond substituents is 1. The van der Waals surface area contributed by atoms with Gasteiger partial charge in [-0.15, -0.1) is 0 Å². The van der Waals surface area contributed by atoms with E-state index in [4.69, 9.17) is 4.74 Å². The molecule has 3 N–H and O–H groups in total. The summed E-state index contributed by atoms with van der Waals surface area (Å²) in [5, 5.41) is 27.5. The zero-order valence-electron chi connectivity index (χ0n) is 20.3. The standard InChI is InChI=1S/C26H25N5O6/c1-30(2)20-11-9-17(10-12-20)13-21(28-25(33)19-7-5-4-6-8-19)26(34)29-27-16-18-14-22(31(35)36)24(32)23(15-18)37-3/h4-16,32H,1-3H3,(H,28,33)(H,29,34)/b21-13+,27-16-. The van der Waals surface area contributed by atoms with Gasteiger partial charge in [0.15, 0.2) is 5.75 Å². The minimum absolute atomic E-state index is 0.0714. The Morgan fingerprint density at radius 2 is 1.73 bits per heavy atom. The third-order valence-electron chi connectivity index (χ3n) is 5.12. The molecule has 37 heavy (non-hydrogen) atoms. The van der Waals surface area contributed by atoms with E-state index < -0.39 is 28.2 Å². The number of nitro benzene ring substituents is 1. The van der Waals surface area contributed by atoms with Crippen LogP contribution in [0.1, 0.15) is 21.5 Å². The molecule has 190 valence electrons. The number of amides is 2. The minimum Gasteiger partial charge on any atom is -0.500 e. The molecule has 0 fully saturated rings. The summed E-state index contributed by atoms with van der Waals surface area (Å²) in [4.78, 5) is 38.0. The number of hydrogen-bond donors (Lipinski definition) is 3. The smallest absolute Gasteiger partial charge is 0.315 e. The van der Waals surface area contributed by atoms with Crippen LogP contribution in [0, 0.1) is 10.1 Å². The van der Waals surface area contributed by atoms with E-state index in [2.05, 4.69) is 15.8 Å². The molecular formula is C26H25N5O6. The van der Waals surface area contributed by atoms with Gasteiger partial charge in [0.25, 0.3) is 11.8 Å². The number of carbonyl (C=O) groups excluding carboxylic acids is 2. The van der Waals surface area contributed by atoms with E-state index in [0.29, 0.717) is 11.1 Å². The van der Waals surface area contributed by atoms with Crippen LogP contribution in [-0.4, -0.2) is 49.3 Å². The molecule has 0 spiro atoms. The maximum Gasteiger partial charge on any atom is 0.315 e. The molecule has 0 aliphatic carbocycles. The molecule has 0 saturated carbocycles. The third kappa shape index (κ3) is 6.92. The number of phenols is 1. The summed E-state index contributed by atoms with van der Waals surface area (Å²) in [7, 11) is 5.05. The van der Waals surface area contributed by atoms with Crippen LogP contribution in [0.4, 0.5) is 11.4 Å². The highest BCUT2D eigenvalue weighted by Gasteiger charge is 2.19. The van der Waals surface area contributed by atoms with Crippen molar-refractivity contribution in [2.45, 2.75) is 0 Å². The highest BCUT2D eigenvalue weighted by Crippen LogP contribution is 2.36. The molecule has 0 aromatic heterocycles. The van der Waals surface area contributed by atoms with E-state index in [1.165, 1.54) is 19.3 Å². The van der Waals surface area contributed by atoms with Crippen molar-refractivity contribution in [3.05, 3.63) is 99.2 Å². The Morgan fingerprint density at radius 3 is 2.32 bits per heavy atom. The van der Waals surface area contributed by atoms with E-state index >= 15 is 0 Å². The van der Waals surface area contributed by atoms with Crippen LogP contribution in [0.5, 0.6) is 11.5 Å². The first kappa shape index (κ1) is 26.4. The fraction of sp³-hybridized carbons (Fsp3) is 0.115. The molecule has 0 radical (unpaired) electrons. The summed E-state index contributed by atoms with van der Waals surface area (Å²) >= 11 is 0. The van der Waals surface area contributed by atoms with Crippen molar-refractivity contribution in [3.8, 4) is 11.5 Å². The fourth-order valence-electron chi connectivity index (χ4n) is 3.19. The molecule has 2 amide bonds. The molecule has 11 heteroatoms. The number of anilines is 1. The molecule has 0 atom stereocenters. The Bertz CT molecular complexity index is 1350. The summed E-state index contributed by atoms with van der Waals surface area (Å²) in [6.07, 6.45) is 2.65. The lowest BCUT2D eigenvalue weighted by Gasteiger charge is -2.12. The molecular weight excluding hydrogens is 478 g/mol. The van der Waals surface area contributed by atoms with Gasteiger partial charge in [0.2, 0.25) is 5.75 Å². The molecule has 3 rings (SSSR count). The van der Waals surface area contributed by atoms with Crippen LogP contribution < -0.4 is 20.4 Å². The summed E-state index contributed by atoms with van der Waals surface area (Å²) in [5.41, 5.74) is 3.82. The van der Waals surface area contributed by atoms with Crippen LogP contribution in [-0.2, 0) is 4.79 Å². The molecule has 0 bridgehead atoms. The number of benzene rings is 3. The topological polar surface area (TPSA) is 146 Å². The monoisotopic (exact) mass is 503 g/mol. The van der Waals surface area contributed by atoms with Crippen molar-refractivity contribution in [2.75, 3.05) is 26.1 Å². The normalized spacial score (nSPS) is 11.2. The van der Waals surface area contributed by atoms with E-state index in [1.807, 2.05) is 31.1 Å². The Labute approximate surface area is 212 Å². The second kappa shape index (κ2) is 12.0. The first-order valence-corrected chi connectivity index (χ1v) is 10.9. The van der Waals surface area contributed by atoms with Gasteiger partial charge in [0.1, 0.15) is 5.70 Å². The zero-order valence-corrected chi connectivity index (χ0v) is 20.3. The van der Waals surface area contributed by atoms with Crippen molar-refractivity contribution < 1.29 is 24.4 Å². The summed E-state index contributed by atoms with van der Waals surface area (Å²) in [6.45, 7) is 0. The number of hydrazone groups is 1. The number of carbonyl (C=O) groups is 2. The molecule has 0 aliphatic rings. The first-order valence-electron chi connectivity index (χ1n) is 10.9. The predicted molar refractivity (Wildman–Crippen MR) is 140 cm³/mol. The maximum absolute atomic E-state index is 12.9. The van der Waals surface area contributed by atoms with Gasteiger partial charge >= 0.3 is 5.69 Å². The number of ether oxygens (including phenoxy) is 1. The van der Waals surface area contributed by atoms with Gasteiger partial charge in [-0.3, -0.25) is 19.7 Å². The lowest BCUT2D eigenvalue weighted by atomic mass is 10.1. The number of nitro groups is 1. The van der Waals surface area contributed by atoms with E-state index in [9.17, 15) is 24.8 Å². The van der Waals surface area contributed by atoms with Gasteiger partial charge in [0.05, 0.1) is 18.2 Å². The van der Waals surface area contributed by atoms with Crippen LogP contribution in [0.15, 0.2) is 77.5 Å². The Morgan fingerprint density at radius 1 is 1.05 bits per heavy atom. The van der Waals surface area contributed by atoms with E-state index in [0.717, 1.165) is 18.0 Å². The molecule has 3 aromatic rings. The average Bonchev–Trinajstić information content (AvgIpc) is 2.89. The zero-order chi connectivity index (χ0) is 26.9. The number of nitrogens with one attached hydrogen (secondary N) is 2. The van der Waals surface area contributed by atoms with Crippen molar-refractivity contribution in [1.82, 2.24) is 10.7 Å². The highest BCUT2D eigenvalue weighted by atomic mass is 16.6.